The first kappa shape index (κ1) is 27.7. The minimum Gasteiger partial charge on any atom is -0.460 e. The second-order valence-corrected chi connectivity index (χ2v) is 12.7. The van der Waals surface area contributed by atoms with Crippen molar-refractivity contribution in [3.8, 4) is 5.95 Å². The summed E-state index contributed by atoms with van der Waals surface area (Å²) in [5.74, 6) is 1.08. The molecule has 39 heavy (non-hydrogen) atoms. The second kappa shape index (κ2) is 11.4. The van der Waals surface area contributed by atoms with Crippen LogP contribution in [0.4, 0.5) is 4.39 Å². The standard InChI is InChI=1S/C30H42FN5O3/c1-19(2)26-23-13-8-14-24(31)27(23)36(33-26)29-32-25(39-34-29)17-20-15-16-35(18-20)22-11-6-9-21(10-7-12-22)28(37)38-30(3,4)5/h8,13-14,19-22H,6-7,9-12,15-18H2,1-5H3/t20-,21?,22?/m1/s1. The fourth-order valence-electron chi connectivity index (χ4n) is 6.22. The Morgan fingerprint density at radius 1 is 1.15 bits per heavy atom. The van der Waals surface area contributed by atoms with E-state index in [1.807, 2.05) is 40.7 Å². The van der Waals surface area contributed by atoms with Crippen molar-refractivity contribution in [2.45, 2.75) is 104 Å². The fourth-order valence-corrected chi connectivity index (χ4v) is 6.22. The summed E-state index contributed by atoms with van der Waals surface area (Å²) in [5.41, 5.74) is 0.781. The summed E-state index contributed by atoms with van der Waals surface area (Å²) in [4.78, 5) is 19.8. The number of likely N-dealkylation sites (tertiary alicyclic amines) is 1. The van der Waals surface area contributed by atoms with Crippen molar-refractivity contribution in [3.05, 3.63) is 35.6 Å². The van der Waals surface area contributed by atoms with Gasteiger partial charge in [0.15, 0.2) is 0 Å². The highest BCUT2D eigenvalue weighted by Gasteiger charge is 2.32. The molecule has 1 aliphatic carbocycles. The zero-order valence-corrected chi connectivity index (χ0v) is 24.0. The topological polar surface area (TPSA) is 86.3 Å². The number of hydrogen-bond donors (Lipinski definition) is 0. The maximum absolute atomic E-state index is 14.8. The minimum absolute atomic E-state index is 0.0280. The molecule has 0 spiro atoms. The van der Waals surface area contributed by atoms with E-state index in [9.17, 15) is 9.18 Å². The Kier molecular flexibility index (Phi) is 8.08. The molecular formula is C30H42FN5O3. The van der Waals surface area contributed by atoms with Crippen LogP contribution in [0.2, 0.25) is 0 Å². The van der Waals surface area contributed by atoms with Crippen LogP contribution in [0.5, 0.6) is 0 Å². The largest absolute Gasteiger partial charge is 0.460 e. The van der Waals surface area contributed by atoms with Crippen molar-refractivity contribution >= 4 is 16.9 Å². The fraction of sp³-hybridized carbons (Fsp3) is 0.667. The van der Waals surface area contributed by atoms with Gasteiger partial charge >= 0.3 is 5.97 Å². The number of aromatic nitrogens is 4. The van der Waals surface area contributed by atoms with Gasteiger partial charge in [0.25, 0.3) is 5.95 Å². The van der Waals surface area contributed by atoms with Crippen LogP contribution in [0, 0.1) is 17.7 Å². The second-order valence-electron chi connectivity index (χ2n) is 12.7. The Bertz CT molecular complexity index is 1280. The van der Waals surface area contributed by atoms with Gasteiger partial charge in [-0.15, -0.1) is 0 Å². The molecule has 1 aliphatic heterocycles. The molecule has 2 aromatic heterocycles. The van der Waals surface area contributed by atoms with Crippen LogP contribution in [-0.4, -0.2) is 55.5 Å². The highest BCUT2D eigenvalue weighted by molar-refractivity contribution is 5.84. The molecular weight excluding hydrogens is 497 g/mol. The Balaban J connectivity index is 1.18. The first-order valence-electron chi connectivity index (χ1n) is 14.6. The van der Waals surface area contributed by atoms with E-state index >= 15 is 0 Å². The highest BCUT2D eigenvalue weighted by Crippen LogP contribution is 2.32. The van der Waals surface area contributed by atoms with Crippen molar-refractivity contribution in [2.24, 2.45) is 11.8 Å². The maximum Gasteiger partial charge on any atom is 0.309 e. The number of ether oxygens (including phenoxy) is 1. The average molecular weight is 540 g/mol. The molecule has 1 saturated heterocycles. The number of para-hydroxylation sites is 1. The molecule has 2 aliphatic rings. The smallest absolute Gasteiger partial charge is 0.309 e. The molecule has 0 N–H and O–H groups in total. The van der Waals surface area contributed by atoms with Gasteiger partial charge in [-0.05, 0) is 82.5 Å². The molecule has 8 nitrogen and oxygen atoms in total. The normalized spacial score (nSPS) is 23.3. The lowest BCUT2D eigenvalue weighted by atomic mass is 9.88. The summed E-state index contributed by atoms with van der Waals surface area (Å²) in [7, 11) is 0. The monoisotopic (exact) mass is 539 g/mol. The Morgan fingerprint density at radius 2 is 1.90 bits per heavy atom. The lowest BCUT2D eigenvalue weighted by molar-refractivity contribution is -0.160. The molecule has 2 fully saturated rings. The third-order valence-electron chi connectivity index (χ3n) is 8.09. The van der Waals surface area contributed by atoms with Crippen molar-refractivity contribution in [3.63, 3.8) is 0 Å². The number of benzene rings is 1. The zero-order valence-electron chi connectivity index (χ0n) is 24.0. The average Bonchev–Trinajstić information content (AvgIpc) is 3.57. The summed E-state index contributed by atoms with van der Waals surface area (Å²) < 4.78 is 27.5. The predicted octanol–water partition coefficient (Wildman–Crippen LogP) is 6.22. The van der Waals surface area contributed by atoms with Crippen molar-refractivity contribution in [1.82, 2.24) is 24.8 Å². The molecule has 0 amide bonds. The van der Waals surface area contributed by atoms with Crippen LogP contribution in [0.25, 0.3) is 16.9 Å². The number of fused-ring (bicyclic) bond motifs is 1. The van der Waals surface area contributed by atoms with Gasteiger partial charge in [-0.3, -0.25) is 4.79 Å². The van der Waals surface area contributed by atoms with E-state index in [0.717, 1.165) is 69.1 Å². The number of hydrogen-bond acceptors (Lipinski definition) is 7. The van der Waals surface area contributed by atoms with Crippen molar-refractivity contribution in [1.29, 1.82) is 0 Å². The van der Waals surface area contributed by atoms with Crippen molar-refractivity contribution < 1.29 is 18.4 Å². The van der Waals surface area contributed by atoms with Crippen LogP contribution >= 0.6 is 0 Å². The Labute approximate surface area is 230 Å². The van der Waals surface area contributed by atoms with Gasteiger partial charge in [0.2, 0.25) is 5.89 Å². The molecule has 0 radical (unpaired) electrons. The van der Waals surface area contributed by atoms with Crippen molar-refractivity contribution in [2.75, 3.05) is 13.1 Å². The van der Waals surface area contributed by atoms with Gasteiger partial charge < -0.3 is 14.2 Å². The van der Waals surface area contributed by atoms with Gasteiger partial charge in [-0.25, -0.2) is 4.39 Å². The molecule has 0 unspecified atom stereocenters. The summed E-state index contributed by atoms with van der Waals surface area (Å²) >= 11 is 0. The highest BCUT2D eigenvalue weighted by atomic mass is 19.1. The number of carbonyl (C=O) groups is 1. The molecule has 1 saturated carbocycles. The van der Waals surface area contributed by atoms with Crippen LogP contribution in [0.3, 0.4) is 0 Å². The summed E-state index contributed by atoms with van der Waals surface area (Å²) in [6.07, 6.45) is 7.95. The van der Waals surface area contributed by atoms with E-state index in [0.29, 0.717) is 29.8 Å². The van der Waals surface area contributed by atoms with Gasteiger partial charge in [0.1, 0.15) is 16.9 Å². The van der Waals surface area contributed by atoms with Gasteiger partial charge in [-0.1, -0.05) is 38.8 Å². The Hall–Kier alpha value is -2.81. The molecule has 1 aromatic carbocycles. The molecule has 212 valence electrons. The minimum atomic E-state index is -0.426. The maximum atomic E-state index is 14.8. The third-order valence-corrected chi connectivity index (χ3v) is 8.09. The van der Waals surface area contributed by atoms with Gasteiger partial charge in [-0.2, -0.15) is 14.8 Å². The number of esters is 1. The quantitative estimate of drug-likeness (QED) is 0.344. The van der Waals surface area contributed by atoms with Gasteiger partial charge in [0.05, 0.1) is 11.6 Å². The van der Waals surface area contributed by atoms with E-state index < -0.39 is 5.60 Å². The van der Waals surface area contributed by atoms with E-state index in [-0.39, 0.29) is 29.6 Å². The summed E-state index contributed by atoms with van der Waals surface area (Å²) in [6.45, 7) is 12.0. The molecule has 1 atom stereocenters. The molecule has 0 bridgehead atoms. The van der Waals surface area contributed by atoms with Crippen LogP contribution in [-0.2, 0) is 16.0 Å². The van der Waals surface area contributed by atoms with E-state index in [1.165, 1.54) is 10.7 Å². The molecule has 3 aromatic rings. The first-order valence-corrected chi connectivity index (χ1v) is 14.6. The van der Waals surface area contributed by atoms with Gasteiger partial charge in [0, 0.05) is 24.4 Å². The third kappa shape index (κ3) is 6.34. The number of nitrogens with zero attached hydrogens (tertiary/aromatic N) is 5. The molecule has 9 heteroatoms. The number of carbonyl (C=O) groups excluding carboxylic acids is 1. The van der Waals surface area contributed by atoms with E-state index in [4.69, 9.17) is 9.26 Å². The van der Waals surface area contributed by atoms with Crippen LogP contribution < -0.4 is 0 Å². The lowest BCUT2D eigenvalue weighted by Gasteiger charge is -2.31. The predicted molar refractivity (Wildman–Crippen MR) is 147 cm³/mol. The number of rotatable bonds is 6. The van der Waals surface area contributed by atoms with Crippen LogP contribution in [0.15, 0.2) is 22.7 Å². The number of halogens is 1. The SMILES string of the molecule is CC(C)c1nn(-c2noc(C[C@H]3CCN(C4CCCC(C(=O)OC(C)(C)C)CCC4)C3)n2)c2c(F)cccc12. The zero-order chi connectivity index (χ0) is 27.7. The lowest BCUT2D eigenvalue weighted by Crippen LogP contribution is -2.35. The van der Waals surface area contributed by atoms with E-state index in [2.05, 4.69) is 20.1 Å². The summed E-state index contributed by atoms with van der Waals surface area (Å²) in [6, 6.07) is 5.59. The molecule has 3 heterocycles. The molecule has 5 rings (SSSR count). The Morgan fingerprint density at radius 3 is 2.59 bits per heavy atom. The summed E-state index contributed by atoms with van der Waals surface area (Å²) in [5, 5.41) is 9.58. The van der Waals surface area contributed by atoms with E-state index in [1.54, 1.807) is 6.07 Å². The van der Waals surface area contributed by atoms with Crippen LogP contribution in [0.1, 0.15) is 97.1 Å². The first-order chi connectivity index (χ1) is 18.6.